The SMILES string of the molecule is COCCOCOc1c2c(c(OCOCCOC)c3c1C(=O)c1cccc(OC)c1C3=O)C(OCOCCOC)CC(OCOCCOC)(C(=O)COC(=O)NCCC(O)(P(=O)(O)O)P(=O)(O)O)C2. The van der Waals surface area contributed by atoms with Crippen LogP contribution in [0, 0.1) is 0 Å². The van der Waals surface area contributed by atoms with E-state index >= 15 is 0 Å². The van der Waals surface area contributed by atoms with E-state index < -0.39 is 115 Å². The van der Waals surface area contributed by atoms with Gasteiger partial charge in [-0.3, -0.25) is 23.5 Å². The maximum absolute atomic E-state index is 14.9. The molecular weight excluding hydrogens is 968 g/mol. The van der Waals surface area contributed by atoms with Crippen LogP contribution in [0.5, 0.6) is 17.2 Å². The fourth-order valence-corrected chi connectivity index (χ4v) is 9.28. The molecule has 0 radical (unpaired) electrons. The van der Waals surface area contributed by atoms with Crippen LogP contribution in [0.4, 0.5) is 4.79 Å². The molecule has 2 aromatic carbocycles. The predicted molar refractivity (Wildman–Crippen MR) is 232 cm³/mol. The van der Waals surface area contributed by atoms with Gasteiger partial charge in [-0.05, 0) is 6.07 Å². The lowest BCUT2D eigenvalue weighted by atomic mass is 9.71. The summed E-state index contributed by atoms with van der Waals surface area (Å²) in [6.45, 7) is -3.40. The van der Waals surface area contributed by atoms with Crippen LogP contribution >= 0.6 is 15.2 Å². The van der Waals surface area contributed by atoms with Gasteiger partial charge in [0.25, 0.3) is 5.08 Å². The Hall–Kier alpha value is -4.02. The van der Waals surface area contributed by atoms with Crippen molar-refractivity contribution in [1.29, 1.82) is 0 Å². The zero-order valence-corrected chi connectivity index (χ0v) is 40.4. The quantitative estimate of drug-likeness (QED) is 0.0283. The van der Waals surface area contributed by atoms with Gasteiger partial charge in [0.05, 0.1) is 82.8 Å². The highest BCUT2D eigenvalue weighted by molar-refractivity contribution is 7.72. The lowest BCUT2D eigenvalue weighted by molar-refractivity contribution is -0.189. The number of ether oxygens (including phenoxy) is 14. The summed E-state index contributed by atoms with van der Waals surface area (Å²) >= 11 is 0. The third kappa shape index (κ3) is 14.3. The maximum Gasteiger partial charge on any atom is 0.407 e. The molecule has 0 saturated heterocycles. The van der Waals surface area contributed by atoms with Gasteiger partial charge in [-0.2, -0.15) is 0 Å². The number of Topliss-reactive ketones (excluding diaryl/α,β-unsaturated/α-hetero) is 1. The second kappa shape index (κ2) is 27.0. The Labute approximate surface area is 396 Å². The Morgan fingerprint density at radius 3 is 1.81 bits per heavy atom. The summed E-state index contributed by atoms with van der Waals surface area (Å²) < 4.78 is 102. The average Bonchev–Trinajstić information content (AvgIpc) is 3.31. The van der Waals surface area contributed by atoms with Crippen LogP contribution in [0.2, 0.25) is 0 Å². The number of carbonyl (C=O) groups excluding carboxylic acids is 4. The number of hydrogen-bond acceptors (Lipinski definition) is 21. The van der Waals surface area contributed by atoms with Crippen molar-refractivity contribution in [3.63, 3.8) is 0 Å². The van der Waals surface area contributed by atoms with E-state index in [0.29, 0.717) is 0 Å². The Morgan fingerprint density at radius 1 is 0.725 bits per heavy atom. The molecule has 28 heteroatoms. The average molecular weight is 1030 g/mol. The highest BCUT2D eigenvalue weighted by Gasteiger charge is 2.59. The van der Waals surface area contributed by atoms with E-state index in [0.717, 1.165) is 0 Å². The fourth-order valence-electron chi connectivity index (χ4n) is 7.12. The minimum Gasteiger partial charge on any atom is -0.496 e. The number of aliphatic hydroxyl groups is 1. The number of alkyl carbamates (subject to hydrolysis) is 1. The second-order valence-electron chi connectivity index (χ2n) is 14.9. The molecule has 0 aliphatic heterocycles. The van der Waals surface area contributed by atoms with Gasteiger partial charge in [-0.1, -0.05) is 12.1 Å². The summed E-state index contributed by atoms with van der Waals surface area (Å²) in [5.41, 5.74) is -2.70. The van der Waals surface area contributed by atoms with Crippen molar-refractivity contribution < 1.29 is 119 Å². The van der Waals surface area contributed by atoms with Crippen LogP contribution in [0.1, 0.15) is 61.9 Å². The van der Waals surface area contributed by atoms with E-state index in [1.165, 1.54) is 53.7 Å². The number of carbonyl (C=O) groups is 4. The molecule has 0 aromatic heterocycles. The zero-order valence-electron chi connectivity index (χ0n) is 38.6. The van der Waals surface area contributed by atoms with Crippen LogP contribution < -0.4 is 19.5 Å². The number of methoxy groups -OCH3 is 5. The summed E-state index contributed by atoms with van der Waals surface area (Å²) in [7, 11) is -4.61. The van der Waals surface area contributed by atoms with Crippen LogP contribution in [0.25, 0.3) is 0 Å². The molecular formula is C41H59NO25P2. The van der Waals surface area contributed by atoms with Gasteiger partial charge < -0.3 is 96.3 Å². The molecule has 26 nitrogen and oxygen atoms in total. The van der Waals surface area contributed by atoms with Crippen molar-refractivity contribution in [3.05, 3.63) is 51.6 Å². The molecule has 1 amide bonds. The Morgan fingerprint density at radius 2 is 1.26 bits per heavy atom. The van der Waals surface area contributed by atoms with E-state index in [1.54, 1.807) is 0 Å². The molecule has 2 unspecified atom stereocenters. The number of benzene rings is 2. The summed E-state index contributed by atoms with van der Waals surface area (Å²) in [6.07, 6.45) is -5.08. The number of fused-ring (bicyclic) bond motifs is 3. The van der Waals surface area contributed by atoms with Gasteiger partial charge in [0.15, 0.2) is 26.0 Å². The molecule has 388 valence electrons. The summed E-state index contributed by atoms with van der Waals surface area (Å²) in [5.74, 6) is -2.74. The first-order valence-corrected chi connectivity index (χ1v) is 24.1. The van der Waals surface area contributed by atoms with E-state index in [9.17, 15) is 53.0 Å². The number of hydrogen-bond donors (Lipinski definition) is 6. The Balaban J connectivity index is 1.92. The molecule has 2 atom stereocenters. The van der Waals surface area contributed by atoms with Gasteiger partial charge in [0, 0.05) is 70.9 Å². The number of amides is 1. The van der Waals surface area contributed by atoms with E-state index in [2.05, 4.69) is 0 Å². The molecule has 2 aliphatic carbocycles. The van der Waals surface area contributed by atoms with Crippen LogP contribution in [-0.2, 0) is 72.5 Å². The molecule has 0 bridgehead atoms. The topological polar surface area (TPSA) is 345 Å². The first kappa shape index (κ1) is 57.6. The third-order valence-corrected chi connectivity index (χ3v) is 14.5. The van der Waals surface area contributed by atoms with Gasteiger partial charge in [0.2, 0.25) is 11.6 Å². The minimum absolute atomic E-state index is 0.0136. The monoisotopic (exact) mass is 1030 g/mol. The molecule has 2 aliphatic rings. The maximum atomic E-state index is 14.9. The van der Waals surface area contributed by atoms with Gasteiger partial charge >= 0.3 is 21.3 Å². The third-order valence-electron chi connectivity index (χ3n) is 10.6. The lowest BCUT2D eigenvalue weighted by Crippen LogP contribution is -2.51. The van der Waals surface area contributed by atoms with E-state index in [-0.39, 0.29) is 103 Å². The highest BCUT2D eigenvalue weighted by atomic mass is 31.2. The largest absolute Gasteiger partial charge is 0.496 e. The van der Waals surface area contributed by atoms with Crippen molar-refractivity contribution in [2.45, 2.75) is 36.1 Å². The predicted octanol–water partition coefficient (Wildman–Crippen LogP) is 1.16. The van der Waals surface area contributed by atoms with Gasteiger partial charge in [-0.15, -0.1) is 0 Å². The van der Waals surface area contributed by atoms with Crippen LogP contribution in [0.3, 0.4) is 0 Å². The van der Waals surface area contributed by atoms with E-state index in [1.807, 2.05) is 5.32 Å². The van der Waals surface area contributed by atoms with Crippen molar-refractivity contribution in [2.75, 3.05) is 129 Å². The normalized spacial score (nSPS) is 16.9. The summed E-state index contributed by atoms with van der Waals surface area (Å²) in [4.78, 5) is 95.4. The zero-order chi connectivity index (χ0) is 50.8. The van der Waals surface area contributed by atoms with Gasteiger partial charge in [-0.25, -0.2) is 4.79 Å². The first-order valence-electron chi connectivity index (χ1n) is 20.9. The van der Waals surface area contributed by atoms with Gasteiger partial charge in [0.1, 0.15) is 36.4 Å². The summed E-state index contributed by atoms with van der Waals surface area (Å²) in [5, 5.41) is 8.37. The molecule has 69 heavy (non-hydrogen) atoms. The van der Waals surface area contributed by atoms with E-state index in [4.69, 9.17) is 66.3 Å². The molecule has 0 saturated carbocycles. The first-order chi connectivity index (χ1) is 32.9. The second-order valence-corrected chi connectivity index (χ2v) is 18.9. The summed E-state index contributed by atoms with van der Waals surface area (Å²) in [6, 6.07) is 4.44. The molecule has 4 rings (SSSR count). The Kier molecular flexibility index (Phi) is 22.5. The van der Waals surface area contributed by atoms with Crippen molar-refractivity contribution in [1.82, 2.24) is 5.32 Å². The number of nitrogens with one attached hydrogen (secondary N) is 1. The number of ketones is 3. The smallest absolute Gasteiger partial charge is 0.407 e. The van der Waals surface area contributed by atoms with Crippen LogP contribution in [-0.4, -0.2) is 188 Å². The number of rotatable bonds is 33. The lowest BCUT2D eigenvalue weighted by Gasteiger charge is -2.42. The Bertz CT molecular complexity index is 2140. The van der Waals surface area contributed by atoms with Crippen molar-refractivity contribution in [3.8, 4) is 17.2 Å². The van der Waals surface area contributed by atoms with Crippen molar-refractivity contribution in [2.24, 2.45) is 0 Å². The molecule has 0 spiro atoms. The fraction of sp³-hybridized carbons (Fsp3) is 0.610. The molecule has 0 fully saturated rings. The van der Waals surface area contributed by atoms with Crippen LogP contribution in [0.15, 0.2) is 18.2 Å². The molecule has 0 heterocycles. The molecule has 6 N–H and O–H groups in total. The standard InChI is InChI=1S/C41H59NO25P2/c1-54-11-15-59-22-64-29-20-40(67-25-62-18-14-57-4,30(43)21-63-39(46)42-10-9-41(47,68(48,49)50)69(51,52)53)19-27-32(29)38(66-24-61-17-13-56-3)34-33(37(27)65-23-60-16-12-55-2)35(44)26-7-6-8-28(58-5)31(26)36(34)45/h6-8,29,47H,9-25H2,1-5H3,(H,42,46)(H2,48,49,50)(H2,51,52,53). The molecule has 2 aromatic rings. The highest BCUT2D eigenvalue weighted by Crippen LogP contribution is 2.68. The minimum atomic E-state index is -5.87. The van der Waals surface area contributed by atoms with Crippen molar-refractivity contribution >= 4 is 38.6 Å².